The number of rotatable bonds is 7. The van der Waals surface area contributed by atoms with Crippen molar-refractivity contribution < 1.29 is 23.0 Å². The highest BCUT2D eigenvalue weighted by Gasteiger charge is 2.40. The van der Waals surface area contributed by atoms with Gasteiger partial charge in [0, 0.05) is 13.2 Å². The van der Waals surface area contributed by atoms with Crippen LogP contribution in [-0.4, -0.2) is 45.4 Å². The Hall–Kier alpha value is -1.73. The number of benzene rings is 1. The third kappa shape index (κ3) is 4.64. The van der Waals surface area contributed by atoms with Crippen LogP contribution in [-0.2, 0) is 9.53 Å². The molecular formula is C17H24F2N2O3. The molecule has 0 spiro atoms. The number of piperidine rings is 1. The van der Waals surface area contributed by atoms with Crippen LogP contribution in [0.5, 0.6) is 5.75 Å². The molecule has 7 heteroatoms. The van der Waals surface area contributed by atoms with E-state index in [0.29, 0.717) is 19.4 Å². The van der Waals surface area contributed by atoms with Crippen LogP contribution in [0.15, 0.2) is 18.2 Å². The number of hydrogen-bond acceptors (Lipinski definition) is 4. The zero-order valence-corrected chi connectivity index (χ0v) is 14.0. The van der Waals surface area contributed by atoms with E-state index in [0.717, 1.165) is 25.2 Å². The summed E-state index contributed by atoms with van der Waals surface area (Å²) in [6.45, 7) is 3.77. The SMILES string of the molecule is COCC1(C(=O)NC(C)COc2ccc(F)cc2F)CCNCC1. The molecule has 1 unspecified atom stereocenters. The van der Waals surface area contributed by atoms with Gasteiger partial charge in [-0.15, -0.1) is 0 Å². The zero-order chi connectivity index (χ0) is 17.6. The molecule has 2 rings (SSSR count). The number of carbonyl (C=O) groups is 1. The first-order chi connectivity index (χ1) is 11.5. The fourth-order valence-electron chi connectivity index (χ4n) is 2.84. The fraction of sp³-hybridized carbons (Fsp3) is 0.588. The molecule has 0 radical (unpaired) electrons. The molecule has 1 saturated heterocycles. The Bertz CT molecular complexity index is 557. The van der Waals surface area contributed by atoms with Gasteiger partial charge in [0.05, 0.1) is 18.1 Å². The summed E-state index contributed by atoms with van der Waals surface area (Å²) in [5.74, 6) is -1.54. The molecule has 134 valence electrons. The van der Waals surface area contributed by atoms with Gasteiger partial charge in [0.1, 0.15) is 12.4 Å². The molecule has 1 aromatic rings. The molecule has 0 aromatic heterocycles. The van der Waals surface area contributed by atoms with Crippen molar-refractivity contribution in [2.24, 2.45) is 5.41 Å². The van der Waals surface area contributed by atoms with Gasteiger partial charge < -0.3 is 20.1 Å². The Balaban J connectivity index is 1.90. The van der Waals surface area contributed by atoms with Gasteiger partial charge in [0.2, 0.25) is 5.91 Å². The largest absolute Gasteiger partial charge is 0.488 e. The number of carbonyl (C=O) groups excluding carboxylic acids is 1. The van der Waals surface area contributed by atoms with Crippen LogP contribution in [0.4, 0.5) is 8.78 Å². The van der Waals surface area contributed by atoms with Gasteiger partial charge in [-0.2, -0.15) is 0 Å². The third-order valence-electron chi connectivity index (χ3n) is 4.22. The summed E-state index contributed by atoms with van der Waals surface area (Å²) in [7, 11) is 1.58. The molecule has 1 aliphatic rings. The van der Waals surface area contributed by atoms with E-state index < -0.39 is 17.0 Å². The number of ether oxygens (including phenoxy) is 2. The average Bonchev–Trinajstić information content (AvgIpc) is 2.55. The standard InChI is InChI=1S/C17H24F2N2O3/c1-12(10-24-15-4-3-13(18)9-14(15)19)21-16(22)17(11-23-2)5-7-20-8-6-17/h3-4,9,12,20H,5-8,10-11H2,1-2H3,(H,21,22). The zero-order valence-electron chi connectivity index (χ0n) is 14.0. The summed E-state index contributed by atoms with van der Waals surface area (Å²) in [5.41, 5.74) is -0.546. The molecule has 1 aromatic carbocycles. The highest BCUT2D eigenvalue weighted by molar-refractivity contribution is 5.83. The Morgan fingerprint density at radius 3 is 2.71 bits per heavy atom. The van der Waals surface area contributed by atoms with Crippen molar-refractivity contribution in [2.75, 3.05) is 33.4 Å². The van der Waals surface area contributed by atoms with Crippen molar-refractivity contribution in [1.29, 1.82) is 0 Å². The highest BCUT2D eigenvalue weighted by Crippen LogP contribution is 2.29. The minimum Gasteiger partial charge on any atom is -0.488 e. The summed E-state index contributed by atoms with van der Waals surface area (Å²) < 4.78 is 37.0. The molecule has 1 fully saturated rings. The maximum Gasteiger partial charge on any atom is 0.228 e. The molecule has 2 N–H and O–H groups in total. The van der Waals surface area contributed by atoms with Crippen LogP contribution < -0.4 is 15.4 Å². The van der Waals surface area contributed by atoms with Crippen molar-refractivity contribution in [3.63, 3.8) is 0 Å². The van der Waals surface area contributed by atoms with Gasteiger partial charge in [0.25, 0.3) is 0 Å². The number of methoxy groups -OCH3 is 1. The first-order valence-electron chi connectivity index (χ1n) is 8.05. The summed E-state index contributed by atoms with van der Waals surface area (Å²) in [5, 5.41) is 6.14. The normalized spacial score (nSPS) is 18.0. The Morgan fingerprint density at radius 2 is 2.08 bits per heavy atom. The maximum absolute atomic E-state index is 13.5. The predicted octanol–water partition coefficient (Wildman–Crippen LogP) is 1.86. The minimum atomic E-state index is -0.761. The topological polar surface area (TPSA) is 59.6 Å². The minimum absolute atomic E-state index is 0.0361. The smallest absolute Gasteiger partial charge is 0.228 e. The van der Waals surface area contributed by atoms with Crippen LogP contribution >= 0.6 is 0 Å². The second kappa shape index (κ2) is 8.39. The van der Waals surface area contributed by atoms with E-state index in [4.69, 9.17) is 9.47 Å². The Morgan fingerprint density at radius 1 is 1.38 bits per heavy atom. The van der Waals surface area contributed by atoms with Crippen molar-refractivity contribution >= 4 is 5.91 Å². The number of halogens is 2. The van der Waals surface area contributed by atoms with Gasteiger partial charge in [0.15, 0.2) is 11.6 Å². The molecule has 5 nitrogen and oxygen atoms in total. The van der Waals surface area contributed by atoms with E-state index >= 15 is 0 Å². The lowest BCUT2D eigenvalue weighted by Crippen LogP contribution is -2.52. The lowest BCUT2D eigenvalue weighted by Gasteiger charge is -2.36. The van der Waals surface area contributed by atoms with E-state index in [-0.39, 0.29) is 24.3 Å². The van der Waals surface area contributed by atoms with E-state index in [1.54, 1.807) is 14.0 Å². The van der Waals surface area contributed by atoms with Crippen LogP contribution in [0.1, 0.15) is 19.8 Å². The lowest BCUT2D eigenvalue weighted by atomic mass is 9.78. The number of amides is 1. The first kappa shape index (κ1) is 18.6. The molecule has 0 saturated carbocycles. The Kier molecular flexibility index (Phi) is 6.51. The van der Waals surface area contributed by atoms with Crippen LogP contribution in [0.2, 0.25) is 0 Å². The highest BCUT2D eigenvalue weighted by atomic mass is 19.1. The molecule has 0 bridgehead atoms. The molecule has 1 heterocycles. The lowest BCUT2D eigenvalue weighted by molar-refractivity contribution is -0.137. The molecule has 1 atom stereocenters. The summed E-state index contributed by atoms with van der Waals surface area (Å²) in [6, 6.07) is 2.81. The molecule has 0 aliphatic carbocycles. The van der Waals surface area contributed by atoms with Gasteiger partial charge in [-0.25, -0.2) is 8.78 Å². The summed E-state index contributed by atoms with van der Waals surface area (Å²) in [6.07, 6.45) is 1.40. The van der Waals surface area contributed by atoms with E-state index in [1.165, 1.54) is 6.07 Å². The van der Waals surface area contributed by atoms with Crippen molar-refractivity contribution in [1.82, 2.24) is 10.6 Å². The quantitative estimate of drug-likeness (QED) is 0.794. The molecule has 1 amide bonds. The second-order valence-electron chi connectivity index (χ2n) is 6.22. The van der Waals surface area contributed by atoms with Crippen LogP contribution in [0, 0.1) is 17.0 Å². The predicted molar refractivity (Wildman–Crippen MR) is 85.9 cm³/mol. The first-order valence-corrected chi connectivity index (χ1v) is 8.05. The van der Waals surface area contributed by atoms with Crippen molar-refractivity contribution in [3.05, 3.63) is 29.8 Å². The maximum atomic E-state index is 13.5. The number of hydrogen-bond donors (Lipinski definition) is 2. The monoisotopic (exact) mass is 342 g/mol. The van der Waals surface area contributed by atoms with Crippen molar-refractivity contribution in [2.45, 2.75) is 25.8 Å². The van der Waals surface area contributed by atoms with Gasteiger partial charge >= 0.3 is 0 Å². The van der Waals surface area contributed by atoms with Gasteiger partial charge in [-0.1, -0.05) is 0 Å². The molecule has 24 heavy (non-hydrogen) atoms. The van der Waals surface area contributed by atoms with Gasteiger partial charge in [-0.3, -0.25) is 4.79 Å². The van der Waals surface area contributed by atoms with E-state index in [9.17, 15) is 13.6 Å². The van der Waals surface area contributed by atoms with E-state index in [2.05, 4.69) is 10.6 Å². The average molecular weight is 342 g/mol. The summed E-state index contributed by atoms with van der Waals surface area (Å²) >= 11 is 0. The molecule has 1 aliphatic heterocycles. The third-order valence-corrected chi connectivity index (χ3v) is 4.22. The fourth-order valence-corrected chi connectivity index (χ4v) is 2.84. The van der Waals surface area contributed by atoms with Gasteiger partial charge in [-0.05, 0) is 45.0 Å². The van der Waals surface area contributed by atoms with Crippen LogP contribution in [0.3, 0.4) is 0 Å². The number of nitrogens with one attached hydrogen (secondary N) is 2. The summed E-state index contributed by atoms with van der Waals surface area (Å²) in [4.78, 5) is 12.6. The van der Waals surface area contributed by atoms with E-state index in [1.807, 2.05) is 0 Å². The van der Waals surface area contributed by atoms with Crippen LogP contribution in [0.25, 0.3) is 0 Å². The molecular weight excluding hydrogens is 318 g/mol. The van der Waals surface area contributed by atoms with Crippen molar-refractivity contribution in [3.8, 4) is 5.75 Å². The Labute approximate surface area is 140 Å². The second-order valence-corrected chi connectivity index (χ2v) is 6.22.